The van der Waals surface area contributed by atoms with E-state index >= 15 is 0 Å². The zero-order valence-corrected chi connectivity index (χ0v) is 14.0. The van der Waals surface area contributed by atoms with E-state index in [-0.39, 0.29) is 11.7 Å². The standard InChI is InChI=1S/C17H25NO3S/c1-22(20,21)13-15-8-5-9-16(12-15)17(19)18-11-10-14-6-3-2-4-7-14/h5,8-9,12,14H,2-4,6-7,10-11,13H2,1H3,(H,18,19). The van der Waals surface area contributed by atoms with Crippen LogP contribution in [0.25, 0.3) is 0 Å². The maximum absolute atomic E-state index is 12.1. The highest BCUT2D eigenvalue weighted by Gasteiger charge is 2.14. The topological polar surface area (TPSA) is 63.2 Å². The van der Waals surface area contributed by atoms with Gasteiger partial charge >= 0.3 is 0 Å². The lowest BCUT2D eigenvalue weighted by Gasteiger charge is -2.21. The first kappa shape index (κ1) is 17.0. The van der Waals surface area contributed by atoms with Gasteiger partial charge in [0.15, 0.2) is 9.84 Å². The Hall–Kier alpha value is -1.36. The van der Waals surface area contributed by atoms with Crippen molar-refractivity contribution in [1.82, 2.24) is 5.32 Å². The molecule has 0 heterocycles. The van der Waals surface area contributed by atoms with Gasteiger partial charge in [-0.05, 0) is 30.0 Å². The summed E-state index contributed by atoms with van der Waals surface area (Å²) in [6.07, 6.45) is 8.76. The summed E-state index contributed by atoms with van der Waals surface area (Å²) in [5.41, 5.74) is 1.19. The molecule has 1 saturated carbocycles. The third-order valence-electron chi connectivity index (χ3n) is 4.18. The van der Waals surface area contributed by atoms with Gasteiger partial charge in [-0.25, -0.2) is 8.42 Å². The smallest absolute Gasteiger partial charge is 0.251 e. The molecule has 0 atom stereocenters. The molecule has 0 spiro atoms. The Bertz CT molecular complexity index is 604. The Morgan fingerprint density at radius 3 is 2.64 bits per heavy atom. The summed E-state index contributed by atoms with van der Waals surface area (Å²) in [5, 5.41) is 2.95. The van der Waals surface area contributed by atoms with Crippen LogP contribution in [0, 0.1) is 5.92 Å². The number of amides is 1. The van der Waals surface area contributed by atoms with Crippen LogP contribution in [0.2, 0.25) is 0 Å². The zero-order chi connectivity index (χ0) is 16.0. The van der Waals surface area contributed by atoms with Crippen molar-refractivity contribution in [3.8, 4) is 0 Å². The largest absolute Gasteiger partial charge is 0.352 e. The lowest BCUT2D eigenvalue weighted by Crippen LogP contribution is -2.26. The second-order valence-corrected chi connectivity index (χ2v) is 8.46. The van der Waals surface area contributed by atoms with Crippen LogP contribution in [-0.2, 0) is 15.6 Å². The molecule has 0 aliphatic heterocycles. The second kappa shape index (κ2) is 7.77. The number of carbonyl (C=O) groups is 1. The lowest BCUT2D eigenvalue weighted by molar-refractivity contribution is 0.0950. The maximum atomic E-state index is 12.1. The minimum absolute atomic E-state index is 0.0316. The van der Waals surface area contributed by atoms with Crippen LogP contribution in [0.1, 0.15) is 54.4 Å². The molecule has 0 bridgehead atoms. The normalized spacial score (nSPS) is 16.4. The lowest BCUT2D eigenvalue weighted by atomic mass is 9.87. The number of sulfone groups is 1. The molecular formula is C17H25NO3S. The van der Waals surface area contributed by atoms with Crippen LogP contribution in [0.15, 0.2) is 24.3 Å². The third kappa shape index (κ3) is 5.79. The second-order valence-electron chi connectivity index (χ2n) is 6.32. The molecule has 22 heavy (non-hydrogen) atoms. The van der Waals surface area contributed by atoms with Crippen molar-refractivity contribution in [2.45, 2.75) is 44.3 Å². The Kier molecular flexibility index (Phi) is 6.00. The maximum Gasteiger partial charge on any atom is 0.251 e. The molecular weight excluding hydrogens is 298 g/mol. The zero-order valence-electron chi connectivity index (χ0n) is 13.2. The number of rotatable bonds is 6. The molecule has 0 aromatic heterocycles. The van der Waals surface area contributed by atoms with E-state index in [1.165, 1.54) is 38.4 Å². The average Bonchev–Trinajstić information content (AvgIpc) is 2.47. The monoisotopic (exact) mass is 323 g/mol. The summed E-state index contributed by atoms with van der Waals surface area (Å²) >= 11 is 0. The van der Waals surface area contributed by atoms with Crippen LogP contribution in [0.5, 0.6) is 0 Å². The van der Waals surface area contributed by atoms with Crippen LogP contribution in [0.4, 0.5) is 0 Å². The fourth-order valence-corrected chi connectivity index (χ4v) is 3.86. The first-order valence-electron chi connectivity index (χ1n) is 7.99. The molecule has 1 aliphatic rings. The Morgan fingerprint density at radius 2 is 1.95 bits per heavy atom. The number of hydrogen-bond acceptors (Lipinski definition) is 3. The van der Waals surface area contributed by atoms with Crippen LogP contribution >= 0.6 is 0 Å². The predicted molar refractivity (Wildman–Crippen MR) is 88.5 cm³/mol. The molecule has 1 fully saturated rings. The minimum atomic E-state index is -3.08. The molecule has 1 N–H and O–H groups in total. The van der Waals surface area contributed by atoms with Gasteiger partial charge in [0.2, 0.25) is 0 Å². The van der Waals surface area contributed by atoms with Gasteiger partial charge in [0, 0.05) is 18.4 Å². The highest BCUT2D eigenvalue weighted by molar-refractivity contribution is 7.89. The van der Waals surface area contributed by atoms with E-state index in [1.807, 2.05) is 0 Å². The van der Waals surface area contributed by atoms with Crippen molar-refractivity contribution < 1.29 is 13.2 Å². The minimum Gasteiger partial charge on any atom is -0.352 e. The van der Waals surface area contributed by atoms with Gasteiger partial charge in [0.05, 0.1) is 5.75 Å². The molecule has 2 rings (SSSR count). The molecule has 122 valence electrons. The van der Waals surface area contributed by atoms with E-state index in [2.05, 4.69) is 5.32 Å². The van der Waals surface area contributed by atoms with Gasteiger partial charge in [-0.15, -0.1) is 0 Å². The third-order valence-corrected chi connectivity index (χ3v) is 5.04. The molecule has 5 heteroatoms. The van der Waals surface area contributed by atoms with Crippen molar-refractivity contribution in [3.05, 3.63) is 35.4 Å². The highest BCUT2D eigenvalue weighted by atomic mass is 32.2. The summed E-state index contributed by atoms with van der Waals surface area (Å²) in [4.78, 5) is 12.1. The summed E-state index contributed by atoms with van der Waals surface area (Å²) in [6, 6.07) is 6.86. The molecule has 1 aromatic carbocycles. The number of benzene rings is 1. The van der Waals surface area contributed by atoms with Crippen LogP contribution in [-0.4, -0.2) is 27.1 Å². The van der Waals surface area contributed by atoms with Gasteiger partial charge in [0.1, 0.15) is 0 Å². The Morgan fingerprint density at radius 1 is 1.23 bits per heavy atom. The van der Waals surface area contributed by atoms with Gasteiger partial charge in [-0.1, -0.05) is 44.2 Å². The summed E-state index contributed by atoms with van der Waals surface area (Å²) in [6.45, 7) is 0.694. The number of carbonyl (C=O) groups excluding carboxylic acids is 1. The first-order chi connectivity index (χ1) is 10.4. The van der Waals surface area contributed by atoms with Gasteiger partial charge in [-0.2, -0.15) is 0 Å². The van der Waals surface area contributed by atoms with E-state index in [4.69, 9.17) is 0 Å². The fraction of sp³-hybridized carbons (Fsp3) is 0.588. The predicted octanol–water partition coefficient (Wildman–Crippen LogP) is 2.93. The van der Waals surface area contributed by atoms with Crippen LogP contribution in [0.3, 0.4) is 0 Å². The summed E-state index contributed by atoms with van der Waals surface area (Å²) < 4.78 is 22.7. The van der Waals surface area contributed by atoms with E-state index in [0.29, 0.717) is 17.7 Å². The number of nitrogens with one attached hydrogen (secondary N) is 1. The van der Waals surface area contributed by atoms with E-state index < -0.39 is 9.84 Å². The summed E-state index contributed by atoms with van der Waals surface area (Å²) in [7, 11) is -3.08. The number of hydrogen-bond donors (Lipinski definition) is 1. The van der Waals surface area contributed by atoms with Crippen molar-refractivity contribution in [2.24, 2.45) is 5.92 Å². The van der Waals surface area contributed by atoms with Crippen molar-refractivity contribution in [1.29, 1.82) is 0 Å². The molecule has 0 unspecified atom stereocenters. The van der Waals surface area contributed by atoms with Gasteiger partial charge in [0.25, 0.3) is 5.91 Å². The summed E-state index contributed by atoms with van der Waals surface area (Å²) in [5.74, 6) is 0.590. The Balaban J connectivity index is 1.85. The quantitative estimate of drug-likeness (QED) is 0.875. The van der Waals surface area contributed by atoms with Crippen LogP contribution < -0.4 is 5.32 Å². The van der Waals surface area contributed by atoms with Crippen molar-refractivity contribution >= 4 is 15.7 Å². The Labute approximate surface area is 133 Å². The van der Waals surface area contributed by atoms with E-state index in [9.17, 15) is 13.2 Å². The molecule has 0 radical (unpaired) electrons. The molecule has 1 aliphatic carbocycles. The van der Waals surface area contributed by atoms with Crippen molar-refractivity contribution in [2.75, 3.05) is 12.8 Å². The van der Waals surface area contributed by atoms with Crippen molar-refractivity contribution in [3.63, 3.8) is 0 Å². The first-order valence-corrected chi connectivity index (χ1v) is 10.0. The van der Waals surface area contributed by atoms with Gasteiger partial charge < -0.3 is 5.32 Å². The van der Waals surface area contributed by atoms with E-state index in [0.717, 1.165) is 12.3 Å². The van der Waals surface area contributed by atoms with E-state index in [1.54, 1.807) is 24.3 Å². The SMILES string of the molecule is CS(=O)(=O)Cc1cccc(C(=O)NCCC2CCCCC2)c1. The van der Waals surface area contributed by atoms with Gasteiger partial charge in [-0.3, -0.25) is 4.79 Å². The molecule has 4 nitrogen and oxygen atoms in total. The fourth-order valence-electron chi connectivity index (χ4n) is 3.07. The highest BCUT2D eigenvalue weighted by Crippen LogP contribution is 2.25. The average molecular weight is 323 g/mol. The molecule has 1 amide bonds. The molecule has 0 saturated heterocycles. The molecule has 1 aromatic rings.